The molecule has 0 aliphatic heterocycles. The lowest BCUT2D eigenvalue weighted by atomic mass is 10.1. The summed E-state index contributed by atoms with van der Waals surface area (Å²) in [6, 6.07) is 0. The maximum absolute atomic E-state index is 11.6. The Morgan fingerprint density at radius 2 is 2.13 bits per heavy atom. The summed E-state index contributed by atoms with van der Waals surface area (Å²) in [4.78, 5) is 13.4. The predicted molar refractivity (Wildman–Crippen MR) is 61.6 cm³/mol. The summed E-state index contributed by atoms with van der Waals surface area (Å²) in [6.45, 7) is 10.9. The highest BCUT2D eigenvalue weighted by molar-refractivity contribution is 5.78. The van der Waals surface area contributed by atoms with Crippen molar-refractivity contribution in [3.8, 4) is 0 Å². The van der Waals surface area contributed by atoms with E-state index < -0.39 is 0 Å². The number of hydrogen-bond donors (Lipinski definition) is 2. The van der Waals surface area contributed by atoms with Crippen molar-refractivity contribution in [3.05, 3.63) is 12.7 Å². The van der Waals surface area contributed by atoms with E-state index in [9.17, 15) is 4.79 Å². The normalized spacial score (nSPS) is 11.5. The van der Waals surface area contributed by atoms with Gasteiger partial charge in [0.2, 0.25) is 5.91 Å². The highest BCUT2D eigenvalue weighted by Crippen LogP contribution is 1.98. The van der Waals surface area contributed by atoms with Gasteiger partial charge in [-0.05, 0) is 20.8 Å². The third-order valence-electron chi connectivity index (χ3n) is 1.69. The molecule has 0 aliphatic rings. The summed E-state index contributed by atoms with van der Waals surface area (Å²) in [7, 11) is 0. The van der Waals surface area contributed by atoms with E-state index in [0.717, 1.165) is 0 Å². The summed E-state index contributed by atoms with van der Waals surface area (Å²) in [5, 5.41) is 11.7. The van der Waals surface area contributed by atoms with Crippen LogP contribution < -0.4 is 5.32 Å². The first-order valence-corrected chi connectivity index (χ1v) is 5.14. The Bertz CT molecular complexity index is 209. The van der Waals surface area contributed by atoms with Crippen LogP contribution >= 0.6 is 0 Å². The monoisotopic (exact) mass is 214 g/mol. The van der Waals surface area contributed by atoms with Crippen molar-refractivity contribution in [1.82, 2.24) is 10.2 Å². The van der Waals surface area contributed by atoms with Crippen molar-refractivity contribution in [2.75, 3.05) is 26.2 Å². The van der Waals surface area contributed by atoms with Crippen LogP contribution in [0.15, 0.2) is 12.7 Å². The van der Waals surface area contributed by atoms with Gasteiger partial charge in [0.05, 0.1) is 13.2 Å². The summed E-state index contributed by atoms with van der Waals surface area (Å²) < 4.78 is 0. The molecule has 0 radical (unpaired) electrons. The number of carbonyl (C=O) groups is 1. The molecule has 0 bridgehead atoms. The minimum absolute atomic E-state index is 0.0298. The highest BCUT2D eigenvalue weighted by atomic mass is 16.3. The zero-order valence-electron chi connectivity index (χ0n) is 9.92. The lowest BCUT2D eigenvalue weighted by molar-refractivity contribution is -0.123. The molecule has 4 heteroatoms. The van der Waals surface area contributed by atoms with Crippen LogP contribution in [0.5, 0.6) is 0 Å². The Kier molecular flexibility index (Phi) is 6.20. The summed E-state index contributed by atoms with van der Waals surface area (Å²) >= 11 is 0. The van der Waals surface area contributed by atoms with Crippen LogP contribution in [0.4, 0.5) is 0 Å². The number of aliphatic hydroxyl groups is 1. The Balaban J connectivity index is 4.04. The first-order valence-electron chi connectivity index (χ1n) is 5.14. The topological polar surface area (TPSA) is 52.6 Å². The molecule has 2 N–H and O–H groups in total. The van der Waals surface area contributed by atoms with Gasteiger partial charge in [0.1, 0.15) is 0 Å². The Morgan fingerprint density at radius 3 is 2.53 bits per heavy atom. The second kappa shape index (κ2) is 6.58. The average Bonchev–Trinajstić information content (AvgIpc) is 2.00. The van der Waals surface area contributed by atoms with Crippen LogP contribution in [0, 0.1) is 0 Å². The largest absolute Gasteiger partial charge is 0.395 e. The molecule has 0 heterocycles. The van der Waals surface area contributed by atoms with Crippen LogP contribution in [0.2, 0.25) is 0 Å². The molecule has 0 atom stereocenters. The van der Waals surface area contributed by atoms with Gasteiger partial charge in [0, 0.05) is 18.6 Å². The number of nitrogens with one attached hydrogen (secondary N) is 1. The lowest BCUT2D eigenvalue weighted by Crippen LogP contribution is -2.46. The third-order valence-corrected chi connectivity index (χ3v) is 1.69. The molecule has 0 spiro atoms. The fraction of sp³-hybridized carbons (Fsp3) is 0.727. The van der Waals surface area contributed by atoms with E-state index in [-0.39, 0.29) is 18.1 Å². The smallest absolute Gasteiger partial charge is 0.234 e. The zero-order valence-corrected chi connectivity index (χ0v) is 9.92. The maximum Gasteiger partial charge on any atom is 0.234 e. The van der Waals surface area contributed by atoms with Gasteiger partial charge in [0.25, 0.3) is 0 Å². The number of rotatable bonds is 6. The highest BCUT2D eigenvalue weighted by Gasteiger charge is 2.15. The third kappa shape index (κ3) is 8.15. The van der Waals surface area contributed by atoms with Gasteiger partial charge < -0.3 is 10.4 Å². The van der Waals surface area contributed by atoms with Crippen molar-refractivity contribution in [1.29, 1.82) is 0 Å². The second-order valence-corrected chi connectivity index (χ2v) is 4.55. The van der Waals surface area contributed by atoms with E-state index in [1.165, 1.54) is 0 Å². The SMILES string of the molecule is C=CCN(CCO)CC(=O)NC(C)(C)C. The van der Waals surface area contributed by atoms with Crippen molar-refractivity contribution in [2.24, 2.45) is 0 Å². The quantitative estimate of drug-likeness (QED) is 0.629. The molecule has 0 saturated heterocycles. The molecule has 1 amide bonds. The van der Waals surface area contributed by atoms with Gasteiger partial charge in [-0.1, -0.05) is 6.08 Å². The number of nitrogens with zero attached hydrogens (tertiary/aromatic N) is 1. The molecule has 0 saturated carbocycles. The Morgan fingerprint density at radius 1 is 1.53 bits per heavy atom. The van der Waals surface area contributed by atoms with Crippen LogP contribution in [-0.2, 0) is 4.79 Å². The van der Waals surface area contributed by atoms with Gasteiger partial charge >= 0.3 is 0 Å². The van der Waals surface area contributed by atoms with E-state index in [4.69, 9.17) is 5.11 Å². The molecule has 0 aromatic carbocycles. The lowest BCUT2D eigenvalue weighted by Gasteiger charge is -2.24. The molecule has 0 aliphatic carbocycles. The fourth-order valence-electron chi connectivity index (χ4n) is 1.22. The van der Waals surface area contributed by atoms with E-state index in [1.807, 2.05) is 25.7 Å². The van der Waals surface area contributed by atoms with E-state index >= 15 is 0 Å². The van der Waals surface area contributed by atoms with Crippen LogP contribution in [0.3, 0.4) is 0 Å². The zero-order chi connectivity index (χ0) is 11.9. The Hall–Kier alpha value is -0.870. The number of hydrogen-bond acceptors (Lipinski definition) is 3. The number of amides is 1. The minimum atomic E-state index is -0.212. The first-order chi connectivity index (χ1) is 6.89. The molecule has 4 nitrogen and oxygen atoms in total. The average molecular weight is 214 g/mol. The molecule has 15 heavy (non-hydrogen) atoms. The molecule has 0 fully saturated rings. The molecule has 88 valence electrons. The summed E-state index contributed by atoms with van der Waals surface area (Å²) in [5.74, 6) is -0.0298. The molecular formula is C11H22N2O2. The molecule has 0 aromatic rings. The summed E-state index contributed by atoms with van der Waals surface area (Å²) in [6.07, 6.45) is 1.72. The van der Waals surface area contributed by atoms with Gasteiger partial charge in [-0.2, -0.15) is 0 Å². The van der Waals surface area contributed by atoms with Crippen molar-refractivity contribution < 1.29 is 9.90 Å². The molecular weight excluding hydrogens is 192 g/mol. The van der Waals surface area contributed by atoms with Crippen molar-refractivity contribution in [2.45, 2.75) is 26.3 Å². The second-order valence-electron chi connectivity index (χ2n) is 4.55. The molecule has 0 unspecified atom stereocenters. The van der Waals surface area contributed by atoms with Crippen molar-refractivity contribution >= 4 is 5.91 Å². The van der Waals surface area contributed by atoms with Crippen LogP contribution in [0.1, 0.15) is 20.8 Å². The van der Waals surface area contributed by atoms with Crippen LogP contribution in [0.25, 0.3) is 0 Å². The number of aliphatic hydroxyl groups excluding tert-OH is 1. The van der Waals surface area contributed by atoms with E-state index in [2.05, 4.69) is 11.9 Å². The number of carbonyl (C=O) groups excluding carboxylic acids is 1. The molecule has 0 rings (SSSR count). The first kappa shape index (κ1) is 14.1. The fourth-order valence-corrected chi connectivity index (χ4v) is 1.22. The predicted octanol–water partition coefficient (Wildman–Crippen LogP) is 0.381. The minimum Gasteiger partial charge on any atom is -0.395 e. The van der Waals surface area contributed by atoms with E-state index in [0.29, 0.717) is 19.6 Å². The Labute approximate surface area is 92.0 Å². The van der Waals surface area contributed by atoms with Gasteiger partial charge in [-0.15, -0.1) is 6.58 Å². The van der Waals surface area contributed by atoms with Gasteiger partial charge in [0.15, 0.2) is 0 Å². The van der Waals surface area contributed by atoms with Crippen LogP contribution in [-0.4, -0.2) is 47.7 Å². The van der Waals surface area contributed by atoms with Crippen molar-refractivity contribution in [3.63, 3.8) is 0 Å². The summed E-state index contributed by atoms with van der Waals surface area (Å²) in [5.41, 5.74) is -0.212. The van der Waals surface area contributed by atoms with Gasteiger partial charge in [-0.25, -0.2) is 0 Å². The molecule has 0 aromatic heterocycles. The van der Waals surface area contributed by atoms with E-state index in [1.54, 1.807) is 6.08 Å². The maximum atomic E-state index is 11.6. The standard InChI is InChI=1S/C11H22N2O2/c1-5-6-13(7-8-14)9-10(15)12-11(2,3)4/h5,14H,1,6-9H2,2-4H3,(H,12,15). The van der Waals surface area contributed by atoms with Gasteiger partial charge in [-0.3, -0.25) is 9.69 Å².